The molecule has 2 heterocycles. The zero-order chi connectivity index (χ0) is 20.5. The maximum Gasteiger partial charge on any atom is 0.226 e. The maximum atomic E-state index is 13.9. The highest BCUT2D eigenvalue weighted by molar-refractivity contribution is 5.88. The lowest BCUT2D eigenvalue weighted by Gasteiger charge is -2.47. The average molecular weight is 409 g/mol. The van der Waals surface area contributed by atoms with Crippen molar-refractivity contribution < 1.29 is 9.59 Å². The van der Waals surface area contributed by atoms with E-state index >= 15 is 0 Å². The van der Waals surface area contributed by atoms with Gasteiger partial charge in [-0.25, -0.2) is 0 Å². The lowest BCUT2D eigenvalue weighted by molar-refractivity contribution is -0.153. The molecule has 2 saturated heterocycles. The van der Waals surface area contributed by atoms with Gasteiger partial charge in [0.15, 0.2) is 0 Å². The predicted octanol–water partition coefficient (Wildman–Crippen LogP) is 4.38. The van der Waals surface area contributed by atoms with Crippen LogP contribution < -0.4 is 0 Å². The van der Waals surface area contributed by atoms with E-state index in [-0.39, 0.29) is 17.7 Å². The molecule has 30 heavy (non-hydrogen) atoms. The number of hydrogen-bond donors (Lipinski definition) is 0. The van der Waals surface area contributed by atoms with Crippen molar-refractivity contribution in [3.63, 3.8) is 0 Å². The number of benzene rings is 1. The first kappa shape index (κ1) is 20.1. The van der Waals surface area contributed by atoms with Gasteiger partial charge in [-0.2, -0.15) is 0 Å². The van der Waals surface area contributed by atoms with Crippen molar-refractivity contribution in [3.8, 4) is 0 Å². The molecular formula is C26H36N2O2. The molecule has 0 bridgehead atoms. The van der Waals surface area contributed by atoms with Gasteiger partial charge in [0.25, 0.3) is 0 Å². The Morgan fingerprint density at radius 2 is 1.37 bits per heavy atom. The Balaban J connectivity index is 1.45. The fourth-order valence-corrected chi connectivity index (χ4v) is 6.82. The van der Waals surface area contributed by atoms with Gasteiger partial charge >= 0.3 is 0 Å². The molecular weight excluding hydrogens is 372 g/mol. The largest absolute Gasteiger partial charge is 0.342 e. The first-order valence-electron chi connectivity index (χ1n) is 12.4. The lowest BCUT2D eigenvalue weighted by atomic mass is 9.59. The molecule has 0 unspecified atom stereocenters. The van der Waals surface area contributed by atoms with Crippen LogP contribution >= 0.6 is 0 Å². The minimum atomic E-state index is -0.121. The Morgan fingerprint density at radius 1 is 0.733 bits per heavy atom. The van der Waals surface area contributed by atoms with Gasteiger partial charge in [0.05, 0.1) is 11.8 Å². The second-order valence-corrected chi connectivity index (χ2v) is 9.99. The van der Waals surface area contributed by atoms with E-state index < -0.39 is 0 Å². The van der Waals surface area contributed by atoms with Crippen molar-refractivity contribution in [2.45, 2.75) is 70.1 Å². The fourth-order valence-electron chi connectivity index (χ4n) is 6.82. The summed E-state index contributed by atoms with van der Waals surface area (Å²) in [5, 5.41) is 0. The third-order valence-electron chi connectivity index (χ3n) is 8.34. The zero-order valence-electron chi connectivity index (χ0n) is 18.2. The molecule has 162 valence electrons. The molecule has 1 saturated carbocycles. The molecule has 0 N–H and O–H groups in total. The van der Waals surface area contributed by atoms with Gasteiger partial charge in [-0.3, -0.25) is 9.59 Å². The van der Waals surface area contributed by atoms with Crippen LogP contribution in [-0.2, 0) is 16.0 Å². The second kappa shape index (κ2) is 8.72. The van der Waals surface area contributed by atoms with Gasteiger partial charge in [-0.1, -0.05) is 24.3 Å². The summed E-state index contributed by atoms with van der Waals surface area (Å²) < 4.78 is 0. The third kappa shape index (κ3) is 3.67. The number of piperidine rings is 2. The summed E-state index contributed by atoms with van der Waals surface area (Å²) in [6.45, 7) is 3.54. The Kier molecular flexibility index (Phi) is 5.84. The Hall–Kier alpha value is -1.84. The summed E-state index contributed by atoms with van der Waals surface area (Å²) in [5.41, 5.74) is 2.91. The van der Waals surface area contributed by atoms with Crippen molar-refractivity contribution in [3.05, 3.63) is 35.4 Å². The second-order valence-electron chi connectivity index (χ2n) is 9.99. The minimum absolute atomic E-state index is 0.107. The summed E-state index contributed by atoms with van der Waals surface area (Å²) in [6, 6.07) is 8.83. The van der Waals surface area contributed by atoms with Crippen LogP contribution in [0.2, 0.25) is 0 Å². The Bertz CT molecular complexity index is 779. The van der Waals surface area contributed by atoms with Gasteiger partial charge in [0.1, 0.15) is 0 Å². The van der Waals surface area contributed by atoms with E-state index in [1.165, 1.54) is 24.0 Å². The highest BCUT2D eigenvalue weighted by Gasteiger charge is 2.50. The number of nitrogens with zero attached hydrogens (tertiary/aromatic N) is 2. The van der Waals surface area contributed by atoms with E-state index in [9.17, 15) is 9.59 Å². The van der Waals surface area contributed by atoms with Crippen LogP contribution in [0.25, 0.3) is 0 Å². The molecule has 4 atom stereocenters. The first-order chi connectivity index (χ1) is 14.7. The van der Waals surface area contributed by atoms with Crippen LogP contribution in [0.4, 0.5) is 0 Å². The van der Waals surface area contributed by atoms with Gasteiger partial charge in [-0.15, -0.1) is 0 Å². The van der Waals surface area contributed by atoms with E-state index in [0.717, 1.165) is 77.5 Å². The van der Waals surface area contributed by atoms with Crippen LogP contribution in [0.1, 0.15) is 74.8 Å². The quantitative estimate of drug-likeness (QED) is 0.728. The molecule has 4 aliphatic rings. The molecule has 2 aliphatic carbocycles. The Morgan fingerprint density at radius 3 is 2.07 bits per heavy atom. The van der Waals surface area contributed by atoms with E-state index in [4.69, 9.17) is 0 Å². The highest BCUT2D eigenvalue weighted by atomic mass is 16.2. The van der Waals surface area contributed by atoms with Crippen LogP contribution in [0.15, 0.2) is 24.3 Å². The molecule has 0 spiro atoms. The molecule has 1 aromatic carbocycles. The average Bonchev–Trinajstić information content (AvgIpc) is 2.83. The predicted molar refractivity (Wildman–Crippen MR) is 118 cm³/mol. The molecule has 1 aromatic rings. The van der Waals surface area contributed by atoms with E-state index in [1.54, 1.807) is 0 Å². The topological polar surface area (TPSA) is 40.6 Å². The third-order valence-corrected chi connectivity index (χ3v) is 8.34. The maximum absolute atomic E-state index is 13.9. The van der Waals surface area contributed by atoms with Crippen molar-refractivity contribution in [1.29, 1.82) is 0 Å². The van der Waals surface area contributed by atoms with Crippen LogP contribution in [0.3, 0.4) is 0 Å². The number of aryl methyl sites for hydroxylation is 1. The van der Waals surface area contributed by atoms with E-state index in [2.05, 4.69) is 34.1 Å². The summed E-state index contributed by atoms with van der Waals surface area (Å²) >= 11 is 0. The van der Waals surface area contributed by atoms with Crippen molar-refractivity contribution in [2.75, 3.05) is 26.2 Å². The van der Waals surface area contributed by atoms with Crippen LogP contribution in [0.5, 0.6) is 0 Å². The van der Waals surface area contributed by atoms with Gasteiger partial charge in [-0.05, 0) is 87.2 Å². The van der Waals surface area contributed by atoms with Gasteiger partial charge in [0.2, 0.25) is 11.8 Å². The van der Waals surface area contributed by atoms with Crippen LogP contribution in [0, 0.1) is 17.8 Å². The summed E-state index contributed by atoms with van der Waals surface area (Å²) in [4.78, 5) is 31.7. The minimum Gasteiger partial charge on any atom is -0.342 e. The summed E-state index contributed by atoms with van der Waals surface area (Å²) in [7, 11) is 0. The van der Waals surface area contributed by atoms with E-state index in [1.807, 2.05) is 0 Å². The standard InChI is InChI=1S/C26H36N2O2/c29-25(27-15-5-1-6-16-27)23-14-13-21-20-10-4-3-9-19(20)11-12-22(21)24(23)26(30)28-17-7-2-8-18-28/h3-4,9-10,21-24H,1-2,5-8,11-18H2/t21-,22-,23+,24-/m1/s1. The van der Waals surface area contributed by atoms with E-state index in [0.29, 0.717) is 17.7 Å². The lowest BCUT2D eigenvalue weighted by Crippen LogP contribution is -2.53. The van der Waals surface area contributed by atoms with Crippen molar-refractivity contribution in [1.82, 2.24) is 9.80 Å². The van der Waals surface area contributed by atoms with Gasteiger partial charge < -0.3 is 9.80 Å². The number of likely N-dealkylation sites (tertiary alicyclic amines) is 2. The molecule has 2 amide bonds. The molecule has 5 rings (SSSR count). The molecule has 0 radical (unpaired) electrons. The van der Waals surface area contributed by atoms with Crippen molar-refractivity contribution in [2.24, 2.45) is 17.8 Å². The monoisotopic (exact) mass is 408 g/mol. The van der Waals surface area contributed by atoms with Crippen molar-refractivity contribution >= 4 is 11.8 Å². The van der Waals surface area contributed by atoms with Gasteiger partial charge in [0, 0.05) is 26.2 Å². The normalized spacial score (nSPS) is 31.6. The summed E-state index contributed by atoms with van der Waals surface area (Å²) in [6.07, 6.45) is 10.9. The number of fused-ring (bicyclic) bond motifs is 3. The molecule has 3 fully saturated rings. The summed E-state index contributed by atoms with van der Waals surface area (Å²) in [5.74, 6) is 1.11. The first-order valence-corrected chi connectivity index (χ1v) is 12.4. The smallest absolute Gasteiger partial charge is 0.226 e. The molecule has 0 aromatic heterocycles. The molecule has 4 nitrogen and oxygen atoms in total. The Labute approximate surface area is 181 Å². The zero-order valence-corrected chi connectivity index (χ0v) is 18.2. The highest BCUT2D eigenvalue weighted by Crippen LogP contribution is 2.51. The number of carbonyl (C=O) groups is 2. The fraction of sp³-hybridized carbons (Fsp3) is 0.692. The number of rotatable bonds is 2. The van der Waals surface area contributed by atoms with Crippen LogP contribution in [-0.4, -0.2) is 47.8 Å². The molecule has 2 aliphatic heterocycles. The number of hydrogen-bond acceptors (Lipinski definition) is 2. The SMILES string of the molecule is O=C([C@@H]1[C@@H]2CCc3ccccc3[C@H]2CC[C@@H]1C(=O)N1CCCCC1)N1CCCCC1. The number of carbonyl (C=O) groups excluding carboxylic acids is 2. The number of amides is 2. The molecule has 4 heteroatoms.